The second kappa shape index (κ2) is 7.72. The molecule has 0 spiro atoms. The number of rotatable bonds is 4. The van der Waals surface area contributed by atoms with Gasteiger partial charge in [0.05, 0.1) is 6.26 Å². The molecular weight excluding hydrogens is 372 g/mol. The zero-order chi connectivity index (χ0) is 20.4. The van der Waals surface area contributed by atoms with Gasteiger partial charge in [-0.2, -0.15) is 5.26 Å². The van der Waals surface area contributed by atoms with E-state index in [-0.39, 0.29) is 29.0 Å². The lowest BCUT2D eigenvalue weighted by molar-refractivity contribution is 0.0667. The van der Waals surface area contributed by atoms with E-state index in [2.05, 4.69) is 11.4 Å². The van der Waals surface area contributed by atoms with Crippen molar-refractivity contribution in [3.63, 3.8) is 0 Å². The molecule has 4 heterocycles. The molecule has 0 atom stereocenters. The normalized spacial score (nSPS) is 14.6. The van der Waals surface area contributed by atoms with Crippen molar-refractivity contribution in [3.8, 4) is 12.0 Å². The Labute approximate surface area is 167 Å². The lowest BCUT2D eigenvalue weighted by Gasteiger charge is -2.31. The number of aromatic nitrogens is 1. The Morgan fingerprint density at radius 2 is 1.93 bits per heavy atom. The standard InChI is InChI=1S/C21H20N4O4/c1-14-18(16(13-22)21(29-14)25-8-2-3-9-25)19(26)23-15-6-10-24(11-7-15)20(27)17-5-4-12-28-17/h2-5,8-9,12,15H,6-7,10-11H2,1H3,(H,23,26). The molecule has 1 aliphatic heterocycles. The molecule has 0 saturated carbocycles. The minimum absolute atomic E-state index is 0.0842. The molecule has 0 radical (unpaired) electrons. The molecule has 148 valence electrons. The molecule has 8 heteroatoms. The molecule has 0 aliphatic carbocycles. The van der Waals surface area contributed by atoms with Crippen LogP contribution in [0.2, 0.25) is 0 Å². The van der Waals surface area contributed by atoms with Crippen molar-refractivity contribution < 1.29 is 18.4 Å². The summed E-state index contributed by atoms with van der Waals surface area (Å²) >= 11 is 0. The van der Waals surface area contributed by atoms with E-state index in [0.29, 0.717) is 43.3 Å². The van der Waals surface area contributed by atoms with Crippen molar-refractivity contribution in [2.45, 2.75) is 25.8 Å². The van der Waals surface area contributed by atoms with Gasteiger partial charge in [0.2, 0.25) is 5.88 Å². The number of nitriles is 1. The van der Waals surface area contributed by atoms with Gasteiger partial charge < -0.3 is 19.1 Å². The molecule has 1 aliphatic rings. The van der Waals surface area contributed by atoms with Crippen LogP contribution in [0.25, 0.3) is 5.88 Å². The third kappa shape index (κ3) is 3.55. The third-order valence-corrected chi connectivity index (χ3v) is 5.09. The van der Waals surface area contributed by atoms with Crippen LogP contribution in [0, 0.1) is 18.3 Å². The predicted molar refractivity (Wildman–Crippen MR) is 103 cm³/mol. The van der Waals surface area contributed by atoms with Crippen LogP contribution in [-0.2, 0) is 0 Å². The van der Waals surface area contributed by atoms with Crippen LogP contribution in [0.4, 0.5) is 0 Å². The van der Waals surface area contributed by atoms with Gasteiger partial charge in [0.25, 0.3) is 11.8 Å². The van der Waals surface area contributed by atoms with Crippen molar-refractivity contribution in [1.29, 1.82) is 5.26 Å². The Morgan fingerprint density at radius 3 is 2.55 bits per heavy atom. The van der Waals surface area contributed by atoms with Crippen molar-refractivity contribution in [2.24, 2.45) is 0 Å². The molecule has 3 aromatic heterocycles. The third-order valence-electron chi connectivity index (χ3n) is 5.09. The number of hydrogen-bond donors (Lipinski definition) is 1. The fraction of sp³-hybridized carbons (Fsp3) is 0.286. The Kier molecular flexibility index (Phi) is 4.96. The minimum atomic E-state index is -0.336. The maximum absolute atomic E-state index is 12.9. The fourth-order valence-electron chi connectivity index (χ4n) is 3.60. The highest BCUT2D eigenvalue weighted by atomic mass is 16.4. The van der Waals surface area contributed by atoms with E-state index in [1.807, 2.05) is 12.1 Å². The maximum atomic E-state index is 12.9. The van der Waals surface area contributed by atoms with Gasteiger partial charge in [-0.05, 0) is 44.0 Å². The molecule has 29 heavy (non-hydrogen) atoms. The average Bonchev–Trinajstić information content (AvgIpc) is 3.48. The SMILES string of the molecule is Cc1oc(-n2cccc2)c(C#N)c1C(=O)NC1CCN(C(=O)c2ccco2)CC1. The molecule has 3 aromatic rings. The van der Waals surface area contributed by atoms with Crippen molar-refractivity contribution >= 4 is 11.8 Å². The number of nitrogens with one attached hydrogen (secondary N) is 1. The highest BCUT2D eigenvalue weighted by molar-refractivity contribution is 5.98. The molecule has 1 N–H and O–H groups in total. The summed E-state index contributed by atoms with van der Waals surface area (Å²) in [7, 11) is 0. The second-order valence-electron chi connectivity index (χ2n) is 6.93. The van der Waals surface area contributed by atoms with E-state index in [0.717, 1.165) is 0 Å². The van der Waals surface area contributed by atoms with Crippen LogP contribution in [-0.4, -0.2) is 40.4 Å². The largest absolute Gasteiger partial charge is 0.459 e. The number of aryl methyl sites for hydroxylation is 1. The summed E-state index contributed by atoms with van der Waals surface area (Å²) in [6.45, 7) is 2.72. The summed E-state index contributed by atoms with van der Waals surface area (Å²) in [6, 6.07) is 8.96. The summed E-state index contributed by atoms with van der Waals surface area (Å²) in [5.41, 5.74) is 0.465. The van der Waals surface area contributed by atoms with E-state index in [1.165, 1.54) is 6.26 Å². The second-order valence-corrected chi connectivity index (χ2v) is 6.93. The fourth-order valence-corrected chi connectivity index (χ4v) is 3.60. The number of hydrogen-bond acceptors (Lipinski definition) is 5. The molecule has 1 fully saturated rings. The minimum Gasteiger partial charge on any atom is -0.459 e. The predicted octanol–water partition coefficient (Wildman–Crippen LogP) is 2.88. The van der Waals surface area contributed by atoms with Crippen molar-refractivity contribution in [2.75, 3.05) is 13.1 Å². The summed E-state index contributed by atoms with van der Waals surface area (Å²) in [5.74, 6) is 0.565. The first-order chi connectivity index (χ1) is 14.1. The Balaban J connectivity index is 1.43. The lowest BCUT2D eigenvalue weighted by atomic mass is 10.0. The topological polar surface area (TPSA) is 104 Å². The number of amides is 2. The summed E-state index contributed by atoms with van der Waals surface area (Å²) in [6.07, 6.45) is 6.24. The molecule has 0 bridgehead atoms. The van der Waals surface area contributed by atoms with Gasteiger partial charge in [-0.15, -0.1) is 0 Å². The number of carbonyl (C=O) groups is 2. The number of furan rings is 2. The first-order valence-corrected chi connectivity index (χ1v) is 9.39. The van der Waals surface area contributed by atoms with Crippen molar-refractivity contribution in [3.05, 3.63) is 65.6 Å². The van der Waals surface area contributed by atoms with E-state index >= 15 is 0 Å². The Morgan fingerprint density at radius 1 is 1.21 bits per heavy atom. The monoisotopic (exact) mass is 392 g/mol. The summed E-state index contributed by atoms with van der Waals surface area (Å²) in [4.78, 5) is 26.9. The molecule has 4 rings (SSSR count). The van der Waals surface area contributed by atoms with Gasteiger partial charge in [0.15, 0.2) is 5.76 Å². The quantitative estimate of drug-likeness (QED) is 0.735. The van der Waals surface area contributed by atoms with Gasteiger partial charge in [-0.1, -0.05) is 0 Å². The number of nitrogens with zero attached hydrogens (tertiary/aromatic N) is 3. The van der Waals surface area contributed by atoms with Gasteiger partial charge >= 0.3 is 0 Å². The molecule has 0 aromatic carbocycles. The average molecular weight is 392 g/mol. The number of piperidine rings is 1. The van der Waals surface area contributed by atoms with Gasteiger partial charge in [0, 0.05) is 31.5 Å². The zero-order valence-electron chi connectivity index (χ0n) is 15.9. The summed E-state index contributed by atoms with van der Waals surface area (Å²) in [5, 5.41) is 12.6. The number of carbonyl (C=O) groups excluding carboxylic acids is 2. The summed E-state index contributed by atoms with van der Waals surface area (Å²) < 4.78 is 12.5. The van der Waals surface area contributed by atoms with E-state index in [4.69, 9.17) is 8.83 Å². The highest BCUT2D eigenvalue weighted by Crippen LogP contribution is 2.26. The van der Waals surface area contributed by atoms with Crippen LogP contribution in [0.5, 0.6) is 0 Å². The van der Waals surface area contributed by atoms with Crippen LogP contribution in [0.1, 0.15) is 45.1 Å². The molecule has 8 nitrogen and oxygen atoms in total. The van der Waals surface area contributed by atoms with Crippen LogP contribution in [0.15, 0.2) is 51.8 Å². The maximum Gasteiger partial charge on any atom is 0.289 e. The molecule has 0 unspecified atom stereocenters. The Bertz CT molecular complexity index is 1050. The van der Waals surface area contributed by atoms with Gasteiger partial charge in [-0.3, -0.25) is 14.2 Å². The van der Waals surface area contributed by atoms with Crippen LogP contribution >= 0.6 is 0 Å². The van der Waals surface area contributed by atoms with E-state index in [1.54, 1.807) is 40.9 Å². The van der Waals surface area contributed by atoms with Crippen LogP contribution in [0.3, 0.4) is 0 Å². The molecular formula is C21H20N4O4. The molecule has 2 amide bonds. The van der Waals surface area contributed by atoms with Crippen LogP contribution < -0.4 is 5.32 Å². The van der Waals surface area contributed by atoms with E-state index in [9.17, 15) is 14.9 Å². The van der Waals surface area contributed by atoms with Gasteiger partial charge in [-0.25, -0.2) is 0 Å². The molecule has 1 saturated heterocycles. The van der Waals surface area contributed by atoms with E-state index < -0.39 is 0 Å². The number of likely N-dealkylation sites (tertiary alicyclic amines) is 1. The van der Waals surface area contributed by atoms with Crippen molar-refractivity contribution in [1.82, 2.24) is 14.8 Å². The highest BCUT2D eigenvalue weighted by Gasteiger charge is 2.29. The first kappa shape index (κ1) is 18.6. The lowest BCUT2D eigenvalue weighted by Crippen LogP contribution is -2.46. The zero-order valence-corrected chi connectivity index (χ0v) is 15.9. The van der Waals surface area contributed by atoms with Gasteiger partial charge in [0.1, 0.15) is 23.0 Å². The Hall–Kier alpha value is -3.73. The first-order valence-electron chi connectivity index (χ1n) is 9.39. The smallest absolute Gasteiger partial charge is 0.289 e.